The Morgan fingerprint density at radius 1 is 1.29 bits per heavy atom. The molecule has 0 aliphatic heterocycles. The Labute approximate surface area is 200 Å². The summed E-state index contributed by atoms with van der Waals surface area (Å²) in [7, 11) is 1.57. The maximum Gasteiger partial charge on any atom is 0.439 e. The van der Waals surface area contributed by atoms with Crippen molar-refractivity contribution in [2.45, 2.75) is 40.0 Å². The third kappa shape index (κ3) is 3.69. The molecule has 1 aromatic carbocycles. The number of aromatic amines is 1. The number of anilines is 1. The van der Waals surface area contributed by atoms with Crippen LogP contribution in [0.3, 0.4) is 0 Å². The van der Waals surface area contributed by atoms with E-state index in [2.05, 4.69) is 32.1 Å². The van der Waals surface area contributed by atoms with Crippen LogP contribution in [0.15, 0.2) is 39.6 Å². The second-order valence-electron chi connectivity index (χ2n) is 9.79. The summed E-state index contributed by atoms with van der Waals surface area (Å²) in [6, 6.07) is 8.98. The van der Waals surface area contributed by atoms with Crippen LogP contribution in [0, 0.1) is 11.3 Å². The molecule has 0 spiro atoms. The summed E-state index contributed by atoms with van der Waals surface area (Å²) in [5.74, 6) is 0.713. The molecule has 1 aliphatic rings. The van der Waals surface area contributed by atoms with Gasteiger partial charge in [-0.2, -0.15) is 0 Å². The number of carbonyl (C=O) groups is 1. The number of hydrogen-bond donors (Lipinski definition) is 2. The van der Waals surface area contributed by atoms with Crippen molar-refractivity contribution >= 4 is 33.0 Å². The molecule has 0 saturated heterocycles. The van der Waals surface area contributed by atoms with Gasteiger partial charge >= 0.3 is 11.3 Å². The van der Waals surface area contributed by atoms with Gasteiger partial charge in [-0.05, 0) is 64.3 Å². The molecule has 0 saturated carbocycles. The second-order valence-corrected chi connectivity index (χ2v) is 10.8. The summed E-state index contributed by atoms with van der Waals surface area (Å²) in [6.45, 7) is 6.81. The van der Waals surface area contributed by atoms with E-state index in [0.717, 1.165) is 30.3 Å². The summed E-state index contributed by atoms with van der Waals surface area (Å²) in [5.41, 5.74) is 8.92. The molecule has 0 bridgehead atoms. The molecule has 5 rings (SSSR count). The number of aryl methyl sites for hydroxylation is 1. The number of pyridine rings is 1. The van der Waals surface area contributed by atoms with E-state index in [4.69, 9.17) is 20.0 Å². The molecule has 0 radical (unpaired) electrons. The van der Waals surface area contributed by atoms with Gasteiger partial charge in [0.2, 0.25) is 5.69 Å². The van der Waals surface area contributed by atoms with Crippen LogP contribution in [-0.2, 0) is 12.8 Å². The Hall–Kier alpha value is -3.46. The normalized spacial score (nSPS) is 15.9. The van der Waals surface area contributed by atoms with Gasteiger partial charge in [0.15, 0.2) is 0 Å². The van der Waals surface area contributed by atoms with Crippen molar-refractivity contribution in [3.8, 4) is 11.4 Å². The summed E-state index contributed by atoms with van der Waals surface area (Å²) in [5, 5.41) is 3.27. The number of fused-ring (bicyclic) bond motifs is 2. The summed E-state index contributed by atoms with van der Waals surface area (Å²) in [4.78, 5) is 31.9. The van der Waals surface area contributed by atoms with E-state index in [1.54, 1.807) is 31.4 Å². The number of nitrogens with zero attached hydrogens (tertiary/aromatic N) is 2. The maximum atomic E-state index is 13.5. The number of nitrogens with two attached hydrogens (primary N) is 1. The average Bonchev–Trinajstić information content (AvgIpc) is 3.36. The second kappa shape index (κ2) is 8.09. The van der Waals surface area contributed by atoms with Gasteiger partial charge in [-0.25, -0.2) is 9.78 Å². The van der Waals surface area contributed by atoms with Gasteiger partial charge in [0, 0.05) is 23.2 Å². The van der Waals surface area contributed by atoms with Crippen LogP contribution < -0.4 is 20.8 Å². The molecule has 3 aromatic heterocycles. The smallest absolute Gasteiger partial charge is 0.439 e. The highest BCUT2D eigenvalue weighted by molar-refractivity contribution is 7.21. The first-order valence-electron chi connectivity index (χ1n) is 11.2. The van der Waals surface area contributed by atoms with Gasteiger partial charge < -0.3 is 10.5 Å². The molecule has 0 amide bonds. The number of thiophene rings is 1. The largest absolute Gasteiger partial charge is 0.497 e. The first-order valence-corrected chi connectivity index (χ1v) is 12.0. The molecule has 9 heteroatoms. The third-order valence-corrected chi connectivity index (χ3v) is 7.82. The lowest BCUT2D eigenvalue weighted by atomic mass is 9.71. The van der Waals surface area contributed by atoms with Gasteiger partial charge in [0.25, 0.3) is 5.78 Å². The zero-order chi connectivity index (χ0) is 24.2. The Kier molecular flexibility index (Phi) is 5.31. The molecule has 34 heavy (non-hydrogen) atoms. The standard InChI is InChI=1S/C25H26N4O4S/c1-25(2,3)14-5-10-18-13(11-14)12-17-19(26)22(34-23(17)27-18)21(30)20-24(31)33-28-29(20)15-6-8-16(32-4)9-7-15/h6-9,12,14H,5,10-11H2,1-4H3,(H2-,26,28,30,31)/p+1. The van der Waals surface area contributed by atoms with E-state index in [-0.39, 0.29) is 16.0 Å². The average molecular weight is 480 g/mol. The Morgan fingerprint density at radius 2 is 2.03 bits per heavy atom. The lowest BCUT2D eigenvalue weighted by Gasteiger charge is -2.34. The molecule has 1 unspecified atom stereocenters. The van der Waals surface area contributed by atoms with Gasteiger partial charge in [-0.1, -0.05) is 20.8 Å². The number of benzene rings is 1. The first kappa shape index (κ1) is 22.3. The number of aromatic nitrogens is 3. The molecule has 4 aromatic rings. The first-order chi connectivity index (χ1) is 16.2. The summed E-state index contributed by atoms with van der Waals surface area (Å²) in [6.07, 6.45) is 2.94. The fraction of sp³-hybridized carbons (Fsp3) is 0.360. The number of carbonyl (C=O) groups excluding carboxylic acids is 1. The van der Waals surface area contributed by atoms with Crippen molar-refractivity contribution in [1.29, 1.82) is 0 Å². The van der Waals surface area contributed by atoms with E-state index in [1.807, 2.05) is 0 Å². The van der Waals surface area contributed by atoms with Crippen molar-refractivity contribution < 1.29 is 18.7 Å². The van der Waals surface area contributed by atoms with Crippen molar-refractivity contribution in [2.24, 2.45) is 11.3 Å². The minimum absolute atomic E-state index is 0.152. The number of hydrogen-bond acceptors (Lipinski definition) is 7. The Balaban J connectivity index is 1.56. The molecular formula is C25H27N4O4S+. The van der Waals surface area contributed by atoms with E-state index in [0.29, 0.717) is 27.9 Å². The van der Waals surface area contributed by atoms with E-state index < -0.39 is 11.4 Å². The Morgan fingerprint density at radius 3 is 2.71 bits per heavy atom. The number of nitrogen functional groups attached to an aromatic ring is 1. The molecule has 176 valence electrons. The number of ketones is 1. The highest BCUT2D eigenvalue weighted by Crippen LogP contribution is 2.40. The number of H-pyrrole nitrogens is 1. The minimum atomic E-state index is -0.766. The summed E-state index contributed by atoms with van der Waals surface area (Å²) < 4.78 is 11.5. The maximum absolute atomic E-state index is 13.5. The highest BCUT2D eigenvalue weighted by Gasteiger charge is 2.35. The van der Waals surface area contributed by atoms with Gasteiger partial charge in [-0.15, -0.1) is 11.3 Å². The molecular weight excluding hydrogens is 452 g/mol. The molecule has 1 atom stereocenters. The van der Waals surface area contributed by atoms with Crippen molar-refractivity contribution in [2.75, 3.05) is 12.8 Å². The monoisotopic (exact) mass is 479 g/mol. The van der Waals surface area contributed by atoms with Crippen LogP contribution in [-0.4, -0.2) is 23.1 Å². The predicted molar refractivity (Wildman–Crippen MR) is 130 cm³/mol. The molecule has 8 nitrogen and oxygen atoms in total. The van der Waals surface area contributed by atoms with Gasteiger partial charge in [0.05, 0.1) is 12.8 Å². The zero-order valence-corrected chi connectivity index (χ0v) is 20.4. The van der Waals surface area contributed by atoms with E-state index in [1.165, 1.54) is 21.6 Å². The van der Waals surface area contributed by atoms with E-state index in [9.17, 15) is 9.59 Å². The minimum Gasteiger partial charge on any atom is -0.497 e. The van der Waals surface area contributed by atoms with Crippen LogP contribution in [0.5, 0.6) is 5.75 Å². The Bertz CT molecular complexity index is 1460. The molecule has 0 fully saturated rings. The van der Waals surface area contributed by atoms with E-state index >= 15 is 0 Å². The van der Waals surface area contributed by atoms with Crippen molar-refractivity contribution in [1.82, 2.24) is 10.3 Å². The quantitative estimate of drug-likeness (QED) is 0.340. The number of rotatable bonds is 4. The topological polar surface area (TPSA) is 115 Å². The highest BCUT2D eigenvalue weighted by atomic mass is 32.1. The number of methoxy groups -OCH3 is 1. The lowest BCUT2D eigenvalue weighted by Crippen LogP contribution is -2.41. The van der Waals surface area contributed by atoms with Crippen molar-refractivity contribution in [3.05, 3.63) is 62.6 Å². The molecule has 3 N–H and O–H groups in total. The van der Waals surface area contributed by atoms with Gasteiger partial charge in [0.1, 0.15) is 15.5 Å². The summed E-state index contributed by atoms with van der Waals surface area (Å²) >= 11 is 1.21. The van der Waals surface area contributed by atoms with Crippen LogP contribution in [0.25, 0.3) is 15.9 Å². The number of ether oxygens (including phenoxy) is 1. The molecule has 1 aliphatic carbocycles. The van der Waals surface area contributed by atoms with Crippen LogP contribution in [0.2, 0.25) is 0 Å². The van der Waals surface area contributed by atoms with Crippen LogP contribution in [0.1, 0.15) is 53.8 Å². The van der Waals surface area contributed by atoms with Crippen LogP contribution >= 0.6 is 11.3 Å². The van der Waals surface area contributed by atoms with Gasteiger partial charge in [-0.3, -0.25) is 9.32 Å². The lowest BCUT2D eigenvalue weighted by molar-refractivity contribution is -0.672. The molecule has 3 heterocycles. The fourth-order valence-corrected chi connectivity index (χ4v) is 5.62. The predicted octanol–water partition coefficient (Wildman–Crippen LogP) is 3.83. The fourth-order valence-electron chi connectivity index (χ4n) is 4.59. The third-order valence-electron chi connectivity index (χ3n) is 6.71. The van der Waals surface area contributed by atoms with Crippen molar-refractivity contribution in [3.63, 3.8) is 0 Å². The number of nitrogens with one attached hydrogen (secondary N) is 1. The zero-order valence-electron chi connectivity index (χ0n) is 19.6. The van der Waals surface area contributed by atoms with Crippen LogP contribution in [0.4, 0.5) is 5.69 Å². The SMILES string of the molecule is COc1ccc(-[n+]2[nH]oc(=O)c2C(=O)c2sc3nc4c(cc3c2N)CC(C(C)(C)C)CC4)cc1.